The summed E-state index contributed by atoms with van der Waals surface area (Å²) in [5, 5.41) is 9.51. The van der Waals surface area contributed by atoms with Crippen LogP contribution in [0, 0.1) is 0 Å². The van der Waals surface area contributed by atoms with Crippen molar-refractivity contribution in [2.45, 2.75) is 19.4 Å². The summed E-state index contributed by atoms with van der Waals surface area (Å²) in [5.74, 6) is 0.154. The first-order chi connectivity index (χ1) is 6.24. The molecule has 0 saturated carbocycles. The number of halogens is 1. The average Bonchev–Trinajstić information content (AvgIpc) is 2.50. The smallest absolute Gasteiger partial charge is 0.163 e. The maximum atomic E-state index is 11.3. The Balaban J connectivity index is 2.60. The maximum absolute atomic E-state index is 11.3. The standard InChI is InChI=1S/C10H9ClO2/c11-10-6(5-12)1-2-7-8(10)3-4-9(7)13/h1-2,12H,3-5H2. The topological polar surface area (TPSA) is 37.3 Å². The molecule has 0 bridgehead atoms. The highest BCUT2D eigenvalue weighted by molar-refractivity contribution is 6.33. The minimum Gasteiger partial charge on any atom is -0.392 e. The lowest BCUT2D eigenvalue weighted by molar-refractivity contribution is 0.0994. The van der Waals surface area contributed by atoms with Crippen molar-refractivity contribution in [3.05, 3.63) is 33.8 Å². The molecule has 1 aliphatic carbocycles. The van der Waals surface area contributed by atoms with Crippen LogP contribution >= 0.6 is 11.6 Å². The molecular formula is C10H9ClO2. The van der Waals surface area contributed by atoms with Gasteiger partial charge in [-0.3, -0.25) is 4.79 Å². The van der Waals surface area contributed by atoms with Gasteiger partial charge < -0.3 is 5.11 Å². The number of carbonyl (C=O) groups is 1. The fourth-order valence-corrected chi connectivity index (χ4v) is 1.99. The maximum Gasteiger partial charge on any atom is 0.163 e. The van der Waals surface area contributed by atoms with Crippen LogP contribution in [0.1, 0.15) is 27.9 Å². The highest BCUT2D eigenvalue weighted by atomic mass is 35.5. The molecule has 0 radical (unpaired) electrons. The van der Waals surface area contributed by atoms with E-state index in [0.29, 0.717) is 23.4 Å². The molecule has 1 N–H and O–H groups in total. The number of rotatable bonds is 1. The van der Waals surface area contributed by atoms with Crippen LogP contribution in [-0.4, -0.2) is 10.9 Å². The molecular weight excluding hydrogens is 188 g/mol. The normalized spacial score (nSPS) is 14.8. The van der Waals surface area contributed by atoms with Gasteiger partial charge in [-0.25, -0.2) is 0 Å². The fourth-order valence-electron chi connectivity index (χ4n) is 1.67. The van der Waals surface area contributed by atoms with Crippen LogP contribution in [-0.2, 0) is 13.0 Å². The van der Waals surface area contributed by atoms with Gasteiger partial charge in [-0.2, -0.15) is 0 Å². The molecule has 0 fully saturated rings. The molecule has 2 nitrogen and oxygen atoms in total. The van der Waals surface area contributed by atoms with Crippen LogP contribution in [0.2, 0.25) is 5.02 Å². The summed E-state index contributed by atoms with van der Waals surface area (Å²) in [4.78, 5) is 11.3. The number of aliphatic hydroxyl groups excluding tert-OH is 1. The van der Waals surface area contributed by atoms with E-state index in [2.05, 4.69) is 0 Å². The SMILES string of the molecule is O=C1CCc2c1ccc(CO)c2Cl. The molecule has 0 saturated heterocycles. The van der Waals surface area contributed by atoms with Gasteiger partial charge in [0, 0.05) is 12.0 Å². The Hall–Kier alpha value is -0.860. The highest BCUT2D eigenvalue weighted by Gasteiger charge is 2.22. The van der Waals surface area contributed by atoms with Gasteiger partial charge in [0.25, 0.3) is 0 Å². The molecule has 1 aromatic carbocycles. The third-order valence-corrected chi connectivity index (χ3v) is 2.87. The van der Waals surface area contributed by atoms with E-state index in [-0.39, 0.29) is 12.4 Å². The van der Waals surface area contributed by atoms with Crippen molar-refractivity contribution in [3.8, 4) is 0 Å². The minimum absolute atomic E-state index is 0.0691. The quantitative estimate of drug-likeness (QED) is 0.746. The first-order valence-electron chi connectivity index (χ1n) is 4.18. The number of carbonyl (C=O) groups excluding carboxylic acids is 1. The first kappa shape index (κ1) is 8.73. The van der Waals surface area contributed by atoms with E-state index in [1.54, 1.807) is 12.1 Å². The Morgan fingerprint density at radius 1 is 1.38 bits per heavy atom. The monoisotopic (exact) mass is 196 g/mol. The Kier molecular flexibility index (Phi) is 2.10. The molecule has 0 atom stereocenters. The number of ketones is 1. The summed E-state index contributed by atoms with van der Waals surface area (Å²) in [6, 6.07) is 3.46. The van der Waals surface area contributed by atoms with E-state index >= 15 is 0 Å². The summed E-state index contributed by atoms with van der Waals surface area (Å²) in [7, 11) is 0. The molecule has 3 heteroatoms. The van der Waals surface area contributed by atoms with E-state index in [9.17, 15) is 4.79 Å². The van der Waals surface area contributed by atoms with Crippen molar-refractivity contribution in [3.63, 3.8) is 0 Å². The zero-order valence-electron chi connectivity index (χ0n) is 7.01. The zero-order valence-corrected chi connectivity index (χ0v) is 7.77. The van der Waals surface area contributed by atoms with E-state index in [1.165, 1.54) is 0 Å². The summed E-state index contributed by atoms with van der Waals surface area (Å²) >= 11 is 6.01. The van der Waals surface area contributed by atoms with Crippen molar-refractivity contribution in [2.75, 3.05) is 0 Å². The van der Waals surface area contributed by atoms with Gasteiger partial charge >= 0.3 is 0 Å². The lowest BCUT2D eigenvalue weighted by Gasteiger charge is -2.05. The van der Waals surface area contributed by atoms with Crippen LogP contribution in [0.15, 0.2) is 12.1 Å². The molecule has 0 amide bonds. The summed E-state index contributed by atoms with van der Waals surface area (Å²) in [6.45, 7) is -0.0691. The third-order valence-electron chi connectivity index (χ3n) is 2.40. The lowest BCUT2D eigenvalue weighted by atomic mass is 10.1. The van der Waals surface area contributed by atoms with Gasteiger partial charge in [0.2, 0.25) is 0 Å². The average molecular weight is 197 g/mol. The van der Waals surface area contributed by atoms with Crippen LogP contribution in [0.5, 0.6) is 0 Å². The molecule has 0 unspecified atom stereocenters. The Bertz CT molecular complexity index is 371. The molecule has 0 spiro atoms. The summed E-state index contributed by atoms with van der Waals surface area (Å²) in [5.41, 5.74) is 2.33. The molecule has 1 aliphatic rings. The molecule has 68 valence electrons. The number of fused-ring (bicyclic) bond motifs is 1. The van der Waals surface area contributed by atoms with Crippen LogP contribution < -0.4 is 0 Å². The predicted octanol–water partition coefficient (Wildman–Crippen LogP) is 1.96. The van der Waals surface area contributed by atoms with Gasteiger partial charge in [0.15, 0.2) is 5.78 Å². The molecule has 0 aromatic heterocycles. The fraction of sp³-hybridized carbons (Fsp3) is 0.300. The Morgan fingerprint density at radius 2 is 2.15 bits per heavy atom. The number of benzene rings is 1. The van der Waals surface area contributed by atoms with E-state index in [4.69, 9.17) is 16.7 Å². The van der Waals surface area contributed by atoms with Crippen LogP contribution in [0.4, 0.5) is 0 Å². The molecule has 2 rings (SSSR count). The van der Waals surface area contributed by atoms with Gasteiger partial charge in [0.05, 0.1) is 11.6 Å². The molecule has 0 heterocycles. The highest BCUT2D eigenvalue weighted by Crippen LogP contribution is 2.31. The van der Waals surface area contributed by atoms with Crippen LogP contribution in [0.25, 0.3) is 0 Å². The van der Waals surface area contributed by atoms with E-state index in [0.717, 1.165) is 11.1 Å². The molecule has 1 aromatic rings. The van der Waals surface area contributed by atoms with Gasteiger partial charge in [-0.05, 0) is 17.5 Å². The van der Waals surface area contributed by atoms with E-state index < -0.39 is 0 Å². The summed E-state index contributed by atoms with van der Waals surface area (Å²) < 4.78 is 0. The number of aliphatic hydroxyl groups is 1. The van der Waals surface area contributed by atoms with Crippen molar-refractivity contribution in [1.29, 1.82) is 0 Å². The zero-order chi connectivity index (χ0) is 9.42. The number of Topliss-reactive ketones (excluding diaryl/α,β-unsaturated/α-hetero) is 1. The lowest BCUT2D eigenvalue weighted by Crippen LogP contribution is -1.94. The Labute approximate surface area is 81.1 Å². The largest absolute Gasteiger partial charge is 0.392 e. The second-order valence-corrected chi connectivity index (χ2v) is 3.52. The Morgan fingerprint density at radius 3 is 2.85 bits per heavy atom. The van der Waals surface area contributed by atoms with Gasteiger partial charge in [-0.1, -0.05) is 23.7 Å². The molecule has 13 heavy (non-hydrogen) atoms. The minimum atomic E-state index is -0.0691. The molecule has 0 aliphatic heterocycles. The van der Waals surface area contributed by atoms with Crippen molar-refractivity contribution < 1.29 is 9.90 Å². The second kappa shape index (κ2) is 3.13. The number of hydrogen-bond donors (Lipinski definition) is 1. The number of hydrogen-bond acceptors (Lipinski definition) is 2. The van der Waals surface area contributed by atoms with Crippen LogP contribution in [0.3, 0.4) is 0 Å². The van der Waals surface area contributed by atoms with Crippen molar-refractivity contribution >= 4 is 17.4 Å². The first-order valence-corrected chi connectivity index (χ1v) is 4.56. The second-order valence-electron chi connectivity index (χ2n) is 3.15. The summed E-state index contributed by atoms with van der Waals surface area (Å²) in [6.07, 6.45) is 1.25. The van der Waals surface area contributed by atoms with Gasteiger partial charge in [-0.15, -0.1) is 0 Å². The van der Waals surface area contributed by atoms with Crippen molar-refractivity contribution in [1.82, 2.24) is 0 Å². The van der Waals surface area contributed by atoms with Gasteiger partial charge in [0.1, 0.15) is 0 Å². The van der Waals surface area contributed by atoms with Crippen molar-refractivity contribution in [2.24, 2.45) is 0 Å². The third kappa shape index (κ3) is 1.26. The van der Waals surface area contributed by atoms with E-state index in [1.807, 2.05) is 0 Å². The predicted molar refractivity (Wildman–Crippen MR) is 50.0 cm³/mol.